The van der Waals surface area contributed by atoms with Gasteiger partial charge in [-0.2, -0.15) is 0 Å². The van der Waals surface area contributed by atoms with Crippen LogP contribution in [0.3, 0.4) is 0 Å². The van der Waals surface area contributed by atoms with Crippen molar-refractivity contribution in [2.45, 2.75) is 0 Å². The molecule has 0 aromatic heterocycles. The minimum absolute atomic E-state index is 0. The Morgan fingerprint density at radius 3 is 2.67 bits per heavy atom. The molecule has 1 aliphatic heterocycles. The minimum Gasteiger partial charge on any atom is -0.489 e. The number of para-hydroxylation sites is 1. The second kappa shape index (κ2) is 5.56. The molecule has 0 saturated carbocycles. The third kappa shape index (κ3) is 2.47. The van der Waals surface area contributed by atoms with E-state index in [-0.39, 0.29) is 37.6 Å². The van der Waals surface area contributed by atoms with Crippen LogP contribution in [0.15, 0.2) is 30.3 Å². The van der Waals surface area contributed by atoms with E-state index in [1.54, 1.807) is 0 Å². The Hall–Kier alpha value is -0.0582. The summed E-state index contributed by atoms with van der Waals surface area (Å²) in [6.45, 7) is 0.705. The predicted molar refractivity (Wildman–Crippen MR) is 41.0 cm³/mol. The van der Waals surface area contributed by atoms with Crippen molar-refractivity contribution in [1.82, 2.24) is 0 Å². The molecule has 1 aromatic carbocycles. The average molecular weight is 375 g/mol. The molecule has 1 aliphatic rings. The van der Waals surface area contributed by atoms with Crippen molar-refractivity contribution in [1.29, 1.82) is 0 Å². The fraction of sp³-hybridized carbons (Fsp3) is 0.111. The summed E-state index contributed by atoms with van der Waals surface area (Å²) in [6, 6.07) is 8.03. The summed E-state index contributed by atoms with van der Waals surface area (Å²) in [6.07, 6.45) is 4.10. The summed E-state index contributed by atoms with van der Waals surface area (Å²) < 4.78 is 5.34. The molecule has 1 nitrogen and oxygen atoms in total. The second-order valence-electron chi connectivity index (χ2n) is 2.25. The van der Waals surface area contributed by atoms with Crippen LogP contribution in [-0.2, 0) is 37.6 Å². The SMILES string of the molecule is C1=Cc2ccccc2OC1.[Ni].[W]. The van der Waals surface area contributed by atoms with E-state index >= 15 is 0 Å². The van der Waals surface area contributed by atoms with Crippen LogP contribution < -0.4 is 4.74 Å². The molecule has 1 aromatic rings. The van der Waals surface area contributed by atoms with Gasteiger partial charge in [-0.3, -0.25) is 0 Å². The van der Waals surface area contributed by atoms with E-state index in [0.717, 1.165) is 5.75 Å². The molecule has 3 heteroatoms. The van der Waals surface area contributed by atoms with Crippen molar-refractivity contribution < 1.29 is 42.3 Å². The number of fused-ring (bicyclic) bond motifs is 1. The largest absolute Gasteiger partial charge is 0.489 e. The van der Waals surface area contributed by atoms with E-state index < -0.39 is 0 Å². The Balaban J connectivity index is 0.000000605. The summed E-state index contributed by atoms with van der Waals surface area (Å²) in [5.41, 5.74) is 1.17. The van der Waals surface area contributed by atoms with Gasteiger partial charge in [0.25, 0.3) is 0 Å². The van der Waals surface area contributed by atoms with E-state index in [2.05, 4.69) is 6.08 Å². The first-order valence-electron chi connectivity index (χ1n) is 3.35. The predicted octanol–water partition coefficient (Wildman–Crippen LogP) is 2.09. The van der Waals surface area contributed by atoms with Gasteiger partial charge in [0, 0.05) is 43.1 Å². The fourth-order valence-corrected chi connectivity index (χ4v) is 1.06. The van der Waals surface area contributed by atoms with Crippen LogP contribution in [0, 0.1) is 0 Å². The molecule has 0 spiro atoms. The molecule has 1 heterocycles. The molecule has 0 amide bonds. The third-order valence-corrected chi connectivity index (χ3v) is 1.55. The van der Waals surface area contributed by atoms with Crippen LogP contribution in [0.5, 0.6) is 5.75 Å². The topological polar surface area (TPSA) is 9.23 Å². The van der Waals surface area contributed by atoms with Crippen LogP contribution in [0.1, 0.15) is 5.56 Å². The fourth-order valence-electron chi connectivity index (χ4n) is 1.06. The number of hydrogen-bond donors (Lipinski definition) is 0. The first kappa shape index (κ1) is 11.9. The van der Waals surface area contributed by atoms with Crippen molar-refractivity contribution in [3.05, 3.63) is 35.9 Å². The maximum Gasteiger partial charge on any atom is 0.126 e. The van der Waals surface area contributed by atoms with Crippen molar-refractivity contribution in [2.75, 3.05) is 6.61 Å². The Labute approximate surface area is 96.4 Å². The first-order chi connectivity index (χ1) is 4.97. The zero-order valence-corrected chi connectivity index (χ0v) is 10.2. The molecule has 66 valence electrons. The molecule has 12 heavy (non-hydrogen) atoms. The number of ether oxygens (including phenoxy) is 1. The molecule has 0 fully saturated rings. The van der Waals surface area contributed by atoms with Gasteiger partial charge in [-0.15, -0.1) is 0 Å². The molecule has 0 bridgehead atoms. The Bertz CT molecular complexity index is 273. The van der Waals surface area contributed by atoms with E-state index in [1.165, 1.54) is 5.56 Å². The molecule has 0 atom stereocenters. The van der Waals surface area contributed by atoms with Crippen molar-refractivity contribution in [3.63, 3.8) is 0 Å². The van der Waals surface area contributed by atoms with Gasteiger partial charge >= 0.3 is 0 Å². The monoisotopic (exact) mass is 374 g/mol. The molecular formula is C9H8NiOW. The number of rotatable bonds is 0. The molecule has 0 radical (unpaired) electrons. The minimum atomic E-state index is 0. The van der Waals surface area contributed by atoms with E-state index in [4.69, 9.17) is 4.74 Å². The summed E-state index contributed by atoms with van der Waals surface area (Å²) in [4.78, 5) is 0. The van der Waals surface area contributed by atoms with Crippen LogP contribution >= 0.6 is 0 Å². The maximum atomic E-state index is 5.34. The summed E-state index contributed by atoms with van der Waals surface area (Å²) in [7, 11) is 0. The molecule has 2 rings (SSSR count). The Morgan fingerprint density at radius 2 is 1.92 bits per heavy atom. The summed E-state index contributed by atoms with van der Waals surface area (Å²) in [5, 5.41) is 0. The van der Waals surface area contributed by atoms with Gasteiger partial charge in [0.2, 0.25) is 0 Å². The molecule has 0 unspecified atom stereocenters. The summed E-state index contributed by atoms with van der Waals surface area (Å²) >= 11 is 0. The molecule has 0 N–H and O–H groups in total. The number of benzene rings is 1. The summed E-state index contributed by atoms with van der Waals surface area (Å²) in [5.74, 6) is 0.991. The smallest absolute Gasteiger partial charge is 0.126 e. The van der Waals surface area contributed by atoms with Crippen LogP contribution in [0.2, 0.25) is 0 Å². The van der Waals surface area contributed by atoms with Crippen molar-refractivity contribution in [2.24, 2.45) is 0 Å². The normalized spacial score (nSPS) is 11.7. The van der Waals surface area contributed by atoms with Crippen molar-refractivity contribution >= 4 is 6.08 Å². The van der Waals surface area contributed by atoms with Gasteiger partial charge in [-0.25, -0.2) is 0 Å². The van der Waals surface area contributed by atoms with Crippen LogP contribution in [0.4, 0.5) is 0 Å². The zero-order chi connectivity index (χ0) is 6.81. The van der Waals surface area contributed by atoms with Gasteiger partial charge in [0.05, 0.1) is 0 Å². The maximum absolute atomic E-state index is 5.34. The Kier molecular flexibility index (Phi) is 5.54. The van der Waals surface area contributed by atoms with E-state index in [9.17, 15) is 0 Å². The van der Waals surface area contributed by atoms with Crippen molar-refractivity contribution in [3.8, 4) is 5.75 Å². The Morgan fingerprint density at radius 1 is 1.17 bits per heavy atom. The van der Waals surface area contributed by atoms with Gasteiger partial charge in [0.1, 0.15) is 12.4 Å². The second-order valence-corrected chi connectivity index (χ2v) is 2.25. The third-order valence-electron chi connectivity index (χ3n) is 1.55. The zero-order valence-electron chi connectivity index (χ0n) is 6.30. The molecule has 0 saturated heterocycles. The average Bonchev–Trinajstić information content (AvgIpc) is 2.05. The molecular weight excluding hydrogens is 367 g/mol. The van der Waals surface area contributed by atoms with Crippen LogP contribution in [-0.4, -0.2) is 6.61 Å². The van der Waals surface area contributed by atoms with E-state index in [1.807, 2.05) is 30.3 Å². The van der Waals surface area contributed by atoms with Gasteiger partial charge in [-0.05, 0) is 12.1 Å². The quantitative estimate of drug-likeness (QED) is 0.632. The van der Waals surface area contributed by atoms with Gasteiger partial charge in [0.15, 0.2) is 0 Å². The standard InChI is InChI=1S/C9H8O.Ni.W/c1-2-6-9-8(4-1)5-3-7-10-9;;/h1-6H,7H2;;. The van der Waals surface area contributed by atoms with Gasteiger partial charge < -0.3 is 4.74 Å². The van der Waals surface area contributed by atoms with E-state index in [0.29, 0.717) is 6.61 Å². The molecule has 0 aliphatic carbocycles. The van der Waals surface area contributed by atoms with Crippen LogP contribution in [0.25, 0.3) is 6.08 Å². The van der Waals surface area contributed by atoms with Gasteiger partial charge in [-0.1, -0.05) is 24.3 Å². The number of hydrogen-bond acceptors (Lipinski definition) is 1. The first-order valence-corrected chi connectivity index (χ1v) is 3.35.